The first-order chi connectivity index (χ1) is 12.3. The molecule has 0 bridgehead atoms. The van der Waals surface area contributed by atoms with Crippen LogP contribution in [-0.2, 0) is 5.41 Å². The Morgan fingerprint density at radius 1 is 1.27 bits per heavy atom. The second-order valence-electron chi connectivity index (χ2n) is 6.73. The molecule has 0 aliphatic carbocycles. The third kappa shape index (κ3) is 5.05. The van der Waals surface area contributed by atoms with E-state index in [1.54, 1.807) is 13.3 Å². The number of rotatable bonds is 7. The highest BCUT2D eigenvalue weighted by Gasteiger charge is 2.20. The first-order valence-corrected chi connectivity index (χ1v) is 8.42. The summed E-state index contributed by atoms with van der Waals surface area (Å²) in [6.45, 7) is 8.37. The van der Waals surface area contributed by atoms with Crippen LogP contribution in [0.2, 0.25) is 0 Å². The van der Waals surface area contributed by atoms with Crippen molar-refractivity contribution in [3.8, 4) is 11.5 Å². The Bertz CT molecular complexity index is 824. The Balaban J connectivity index is 2.09. The number of ether oxygens (including phenoxy) is 2. The summed E-state index contributed by atoms with van der Waals surface area (Å²) in [5.74, 6) is 1.49. The van der Waals surface area contributed by atoms with Gasteiger partial charge < -0.3 is 9.47 Å². The Morgan fingerprint density at radius 2 is 2.04 bits per heavy atom. The standard InChI is InChI=1S/C18H25N5O3/c1-6-9-26-13-8-7-12(10-14(13)25-5)11-19-22-17-20-16(24)15(21-23-17)18(2,3)4/h7-8,10-11H,6,9H2,1-5H3,(H2,20,22,23,24)/b19-11+. The zero-order chi connectivity index (χ0) is 19.2. The third-order valence-electron chi connectivity index (χ3n) is 3.44. The summed E-state index contributed by atoms with van der Waals surface area (Å²) in [6.07, 6.45) is 2.51. The molecule has 140 valence electrons. The van der Waals surface area contributed by atoms with Gasteiger partial charge in [0.15, 0.2) is 11.5 Å². The van der Waals surface area contributed by atoms with Crippen LogP contribution in [0.1, 0.15) is 45.4 Å². The molecule has 0 fully saturated rings. The van der Waals surface area contributed by atoms with Crippen molar-refractivity contribution in [2.45, 2.75) is 39.5 Å². The predicted molar refractivity (Wildman–Crippen MR) is 101 cm³/mol. The van der Waals surface area contributed by atoms with E-state index in [-0.39, 0.29) is 16.9 Å². The summed E-state index contributed by atoms with van der Waals surface area (Å²) >= 11 is 0. The lowest BCUT2D eigenvalue weighted by molar-refractivity contribution is 0.294. The molecule has 0 saturated carbocycles. The number of hydrazone groups is 1. The van der Waals surface area contributed by atoms with Crippen molar-refractivity contribution in [1.82, 2.24) is 15.2 Å². The number of nitrogens with one attached hydrogen (secondary N) is 2. The maximum atomic E-state index is 12.0. The topological polar surface area (TPSA) is 101 Å². The van der Waals surface area contributed by atoms with Crippen molar-refractivity contribution in [3.05, 3.63) is 39.8 Å². The van der Waals surface area contributed by atoms with E-state index in [0.29, 0.717) is 23.8 Å². The highest BCUT2D eigenvalue weighted by atomic mass is 16.5. The number of methoxy groups -OCH3 is 1. The molecule has 0 aliphatic heterocycles. The van der Waals surface area contributed by atoms with Gasteiger partial charge in [0.1, 0.15) is 5.69 Å². The minimum atomic E-state index is -0.374. The van der Waals surface area contributed by atoms with Crippen LogP contribution in [0.5, 0.6) is 11.5 Å². The molecule has 0 spiro atoms. The second-order valence-corrected chi connectivity index (χ2v) is 6.73. The van der Waals surface area contributed by atoms with Crippen LogP contribution in [0.3, 0.4) is 0 Å². The van der Waals surface area contributed by atoms with Crippen LogP contribution in [0, 0.1) is 0 Å². The van der Waals surface area contributed by atoms with E-state index in [0.717, 1.165) is 12.0 Å². The molecule has 0 radical (unpaired) electrons. The van der Waals surface area contributed by atoms with Crippen molar-refractivity contribution < 1.29 is 9.47 Å². The second kappa shape index (κ2) is 8.46. The molecule has 0 saturated heterocycles. The first-order valence-electron chi connectivity index (χ1n) is 8.42. The Hall–Kier alpha value is -2.90. The molecule has 8 heteroatoms. The molecular weight excluding hydrogens is 334 g/mol. The van der Waals surface area contributed by atoms with Gasteiger partial charge in [-0.15, -0.1) is 10.2 Å². The van der Waals surface area contributed by atoms with Crippen molar-refractivity contribution >= 4 is 12.2 Å². The van der Waals surface area contributed by atoms with E-state index in [1.807, 2.05) is 45.9 Å². The number of aromatic amines is 1. The van der Waals surface area contributed by atoms with Crippen LogP contribution < -0.4 is 20.5 Å². The highest BCUT2D eigenvalue weighted by Crippen LogP contribution is 2.27. The van der Waals surface area contributed by atoms with Crippen LogP contribution in [0.15, 0.2) is 28.1 Å². The number of anilines is 1. The summed E-state index contributed by atoms with van der Waals surface area (Å²) < 4.78 is 10.9. The minimum Gasteiger partial charge on any atom is -0.493 e. The number of nitrogens with zero attached hydrogens (tertiary/aromatic N) is 3. The molecule has 2 N–H and O–H groups in total. The molecule has 1 aromatic carbocycles. The summed E-state index contributed by atoms with van der Waals surface area (Å²) in [7, 11) is 1.59. The van der Waals surface area contributed by atoms with Gasteiger partial charge in [0.25, 0.3) is 5.56 Å². The van der Waals surface area contributed by atoms with Crippen LogP contribution in [0.25, 0.3) is 0 Å². The van der Waals surface area contributed by atoms with Crippen LogP contribution in [0.4, 0.5) is 5.95 Å². The van der Waals surface area contributed by atoms with Gasteiger partial charge in [0, 0.05) is 5.41 Å². The first kappa shape index (κ1) is 19.4. The number of benzene rings is 1. The van der Waals surface area contributed by atoms with E-state index in [4.69, 9.17) is 9.47 Å². The fraction of sp³-hybridized carbons (Fsp3) is 0.444. The van der Waals surface area contributed by atoms with Crippen molar-refractivity contribution in [3.63, 3.8) is 0 Å². The lowest BCUT2D eigenvalue weighted by Crippen LogP contribution is -2.28. The molecule has 26 heavy (non-hydrogen) atoms. The van der Waals surface area contributed by atoms with Gasteiger partial charge in [-0.25, -0.2) is 5.43 Å². The fourth-order valence-corrected chi connectivity index (χ4v) is 2.14. The molecule has 1 aromatic heterocycles. The van der Waals surface area contributed by atoms with Gasteiger partial charge >= 0.3 is 0 Å². The summed E-state index contributed by atoms with van der Waals surface area (Å²) in [5.41, 5.74) is 3.18. The van der Waals surface area contributed by atoms with Crippen LogP contribution in [-0.4, -0.2) is 35.1 Å². The maximum absolute atomic E-state index is 12.0. The van der Waals surface area contributed by atoms with Gasteiger partial charge in [0.2, 0.25) is 5.95 Å². The summed E-state index contributed by atoms with van der Waals surface area (Å²) in [5, 5.41) is 12.0. The average Bonchev–Trinajstić information content (AvgIpc) is 2.59. The molecule has 0 atom stereocenters. The molecule has 2 aromatic rings. The van der Waals surface area contributed by atoms with E-state index in [2.05, 4.69) is 25.7 Å². The monoisotopic (exact) mass is 359 g/mol. The summed E-state index contributed by atoms with van der Waals surface area (Å²) in [4.78, 5) is 14.7. The minimum absolute atomic E-state index is 0.175. The molecule has 2 rings (SSSR count). The molecular formula is C18H25N5O3. The van der Waals surface area contributed by atoms with Gasteiger partial charge in [0.05, 0.1) is 19.9 Å². The lowest BCUT2D eigenvalue weighted by Gasteiger charge is -2.15. The summed E-state index contributed by atoms with van der Waals surface area (Å²) in [6, 6.07) is 5.50. The van der Waals surface area contributed by atoms with Gasteiger partial charge in [-0.2, -0.15) is 5.10 Å². The molecule has 0 aliphatic rings. The quantitative estimate of drug-likeness (QED) is 0.582. The lowest BCUT2D eigenvalue weighted by atomic mass is 9.93. The van der Waals surface area contributed by atoms with E-state index < -0.39 is 0 Å². The van der Waals surface area contributed by atoms with Crippen LogP contribution >= 0.6 is 0 Å². The molecule has 0 amide bonds. The molecule has 0 unspecified atom stereocenters. The third-order valence-corrected chi connectivity index (χ3v) is 3.44. The van der Waals surface area contributed by atoms with Crippen molar-refractivity contribution in [2.75, 3.05) is 19.1 Å². The van der Waals surface area contributed by atoms with E-state index >= 15 is 0 Å². The van der Waals surface area contributed by atoms with Gasteiger partial charge in [-0.1, -0.05) is 27.7 Å². The van der Waals surface area contributed by atoms with Crippen molar-refractivity contribution in [2.24, 2.45) is 5.10 Å². The number of aromatic nitrogens is 3. The highest BCUT2D eigenvalue weighted by molar-refractivity contribution is 5.81. The van der Waals surface area contributed by atoms with E-state index in [1.165, 1.54) is 0 Å². The average molecular weight is 359 g/mol. The molecule has 1 heterocycles. The Labute approximate surface area is 152 Å². The molecule has 8 nitrogen and oxygen atoms in total. The number of H-pyrrole nitrogens is 1. The predicted octanol–water partition coefficient (Wildman–Crippen LogP) is 2.71. The smallest absolute Gasteiger partial charge is 0.274 e. The maximum Gasteiger partial charge on any atom is 0.274 e. The van der Waals surface area contributed by atoms with Gasteiger partial charge in [-0.3, -0.25) is 9.78 Å². The Morgan fingerprint density at radius 3 is 2.65 bits per heavy atom. The van der Waals surface area contributed by atoms with E-state index in [9.17, 15) is 4.79 Å². The SMILES string of the molecule is CCCOc1ccc(/C=N/Nc2nnc(C(C)(C)C)c(=O)[nH]2)cc1OC. The normalized spacial score (nSPS) is 11.6. The number of hydrogen-bond acceptors (Lipinski definition) is 7. The van der Waals surface area contributed by atoms with Crippen molar-refractivity contribution in [1.29, 1.82) is 0 Å². The number of hydrogen-bond donors (Lipinski definition) is 2. The zero-order valence-electron chi connectivity index (χ0n) is 15.8. The Kier molecular flexibility index (Phi) is 6.32. The fourth-order valence-electron chi connectivity index (χ4n) is 2.14. The largest absolute Gasteiger partial charge is 0.493 e. The van der Waals surface area contributed by atoms with Gasteiger partial charge in [-0.05, 0) is 30.2 Å². The zero-order valence-corrected chi connectivity index (χ0v) is 15.8.